The van der Waals surface area contributed by atoms with Gasteiger partial charge in [-0.3, -0.25) is 27.9 Å². The number of phosphoric acid groups is 2. The van der Waals surface area contributed by atoms with Crippen LogP contribution in [0.5, 0.6) is 0 Å². The topological polar surface area (TPSA) is 317 Å². The molecular formula is C19H21FN10O12P2S. The van der Waals surface area contributed by atoms with Crippen LogP contribution in [0.1, 0.15) is 17.2 Å². The van der Waals surface area contributed by atoms with Crippen LogP contribution in [0.15, 0.2) is 11.1 Å². The van der Waals surface area contributed by atoms with Crippen LogP contribution < -0.4 is 17.0 Å². The molecule has 2 bridgehead atoms. The molecule has 4 aromatic heterocycles. The number of hydrogen-bond donors (Lipinski definition) is 6. The van der Waals surface area contributed by atoms with Crippen molar-refractivity contribution in [2.24, 2.45) is 0 Å². The maximum atomic E-state index is 15.9. The molecule has 0 aliphatic carbocycles. The zero-order valence-electron chi connectivity index (χ0n) is 22.1. The van der Waals surface area contributed by atoms with Gasteiger partial charge in [0.2, 0.25) is 5.95 Å². The second-order valence-corrected chi connectivity index (χ2v) is 13.5. The number of halogens is 1. The average Bonchev–Trinajstić information content (AvgIpc) is 3.72. The zero-order valence-corrected chi connectivity index (χ0v) is 24.7. The van der Waals surface area contributed by atoms with Crippen molar-refractivity contribution in [2.45, 2.75) is 49.0 Å². The van der Waals surface area contributed by atoms with Gasteiger partial charge < -0.3 is 35.8 Å². The number of anilines is 2. The number of nitrogens with one attached hydrogen (secondary N) is 1. The van der Waals surface area contributed by atoms with Gasteiger partial charge in [0.15, 0.2) is 29.4 Å². The fourth-order valence-corrected chi connectivity index (χ4v) is 7.85. The molecule has 26 heteroatoms. The highest BCUT2D eigenvalue weighted by molar-refractivity contribution is 7.47. The first-order valence-corrected chi connectivity index (χ1v) is 16.5. The molecule has 0 radical (unpaired) electrons. The summed E-state index contributed by atoms with van der Waals surface area (Å²) in [6.45, 7) is -1.79. The molecule has 10 atom stereocenters. The number of aromatic amines is 1. The molecule has 0 aromatic carbocycles. The van der Waals surface area contributed by atoms with Crippen LogP contribution in [-0.4, -0.2) is 104 Å². The van der Waals surface area contributed by atoms with E-state index in [1.807, 2.05) is 0 Å². The number of ether oxygens (including phenoxy) is 2. The molecule has 0 spiro atoms. The Labute approximate surface area is 251 Å². The lowest BCUT2D eigenvalue weighted by Crippen LogP contribution is -2.35. The van der Waals surface area contributed by atoms with Gasteiger partial charge in [0.1, 0.15) is 54.0 Å². The molecule has 242 valence electrons. The molecule has 45 heavy (non-hydrogen) atoms. The molecule has 0 saturated carbocycles. The Hall–Kier alpha value is -3.12. The molecule has 2 unspecified atom stereocenters. The first kappa shape index (κ1) is 30.5. The second-order valence-electron chi connectivity index (χ2n) is 9.92. The number of aliphatic hydroxyl groups excluding tert-OH is 1. The van der Waals surface area contributed by atoms with Gasteiger partial charge >= 0.3 is 15.6 Å². The summed E-state index contributed by atoms with van der Waals surface area (Å²) in [7, 11) is -10.3. The van der Waals surface area contributed by atoms with E-state index in [0.717, 1.165) is 22.5 Å². The summed E-state index contributed by atoms with van der Waals surface area (Å²) in [6.07, 6.45) is -12.8. The van der Waals surface area contributed by atoms with Gasteiger partial charge in [0, 0.05) is 0 Å². The fraction of sp³-hybridized carbons (Fsp3) is 0.526. The van der Waals surface area contributed by atoms with Gasteiger partial charge in [0.25, 0.3) is 5.56 Å². The maximum absolute atomic E-state index is 15.9. The number of alkyl halides is 1. The standard InChI is InChI=1S/C19H21FN10O12P2S/c20-6-11-5(39-12(6)14-7-8(28-45-14)15(21)24-3-23-7)2-38-44(35,36)42-13-10(31)4(1-37-43(33,34)41-11)40-18(13)30-16-9(27-29-30)17(32)26-19(22)25-16/h3-6,10-13,18,31H,1-2H2,(H,33,34)(H,35,36)(H2,21,23,24)(H3,22,25,26,32)/t4-,5-,6-,10-,11-,12-,13-,18-/m1/s1. The van der Waals surface area contributed by atoms with Crippen molar-refractivity contribution in [3.8, 4) is 0 Å². The summed E-state index contributed by atoms with van der Waals surface area (Å²) >= 11 is 0.784. The Balaban J connectivity index is 1.21. The van der Waals surface area contributed by atoms with Gasteiger partial charge in [-0.1, -0.05) is 5.21 Å². The Morgan fingerprint density at radius 3 is 2.49 bits per heavy atom. The van der Waals surface area contributed by atoms with E-state index in [0.29, 0.717) is 0 Å². The highest BCUT2D eigenvalue weighted by atomic mass is 32.1. The normalized spacial score (nSPS) is 37.7. The van der Waals surface area contributed by atoms with E-state index in [1.165, 1.54) is 0 Å². The number of rotatable bonds is 2. The number of fused-ring (bicyclic) bond motifs is 5. The lowest BCUT2D eigenvalue weighted by molar-refractivity contribution is -0.0677. The highest BCUT2D eigenvalue weighted by Gasteiger charge is 2.55. The van der Waals surface area contributed by atoms with E-state index in [1.54, 1.807) is 0 Å². The number of aromatic nitrogens is 8. The van der Waals surface area contributed by atoms with Gasteiger partial charge in [-0.15, -0.1) is 5.10 Å². The van der Waals surface area contributed by atoms with Crippen LogP contribution in [0.3, 0.4) is 0 Å². The molecule has 4 aromatic rings. The molecule has 22 nitrogen and oxygen atoms in total. The minimum Gasteiger partial charge on any atom is -0.387 e. The van der Waals surface area contributed by atoms with E-state index in [2.05, 4.69) is 34.6 Å². The lowest BCUT2D eigenvalue weighted by Gasteiger charge is -2.25. The number of aliphatic hydroxyl groups is 1. The lowest BCUT2D eigenvalue weighted by atomic mass is 10.1. The number of hydrogen-bond acceptors (Lipinski definition) is 19. The quantitative estimate of drug-likeness (QED) is 0.135. The zero-order chi connectivity index (χ0) is 31.8. The van der Waals surface area contributed by atoms with Crippen molar-refractivity contribution in [2.75, 3.05) is 24.7 Å². The number of H-pyrrole nitrogens is 1. The minimum absolute atomic E-state index is 0.0203. The minimum atomic E-state index is -5.17. The summed E-state index contributed by atoms with van der Waals surface area (Å²) in [6, 6.07) is 0. The first-order chi connectivity index (χ1) is 21.3. The Morgan fingerprint density at radius 2 is 1.73 bits per heavy atom. The van der Waals surface area contributed by atoms with Crippen LogP contribution in [0, 0.1) is 0 Å². The molecule has 7 rings (SSSR count). The Bertz CT molecular complexity index is 1950. The third kappa shape index (κ3) is 5.41. The number of nitrogens with two attached hydrogens (primary N) is 2. The predicted octanol–water partition coefficient (Wildman–Crippen LogP) is -1.17. The van der Waals surface area contributed by atoms with Gasteiger partial charge in [0.05, 0.1) is 18.1 Å². The molecule has 3 aliphatic heterocycles. The second kappa shape index (κ2) is 11.0. The van der Waals surface area contributed by atoms with Crippen molar-refractivity contribution in [3.63, 3.8) is 0 Å². The monoisotopic (exact) mass is 694 g/mol. The summed E-state index contributed by atoms with van der Waals surface area (Å²) in [5, 5.41) is 18.4. The molecule has 3 saturated heterocycles. The van der Waals surface area contributed by atoms with E-state index < -0.39 is 83.4 Å². The summed E-state index contributed by atoms with van der Waals surface area (Å²) in [5.41, 5.74) is 10.4. The van der Waals surface area contributed by atoms with Crippen molar-refractivity contribution in [1.29, 1.82) is 0 Å². The average molecular weight is 694 g/mol. The van der Waals surface area contributed by atoms with E-state index in [-0.39, 0.29) is 38.8 Å². The van der Waals surface area contributed by atoms with Crippen molar-refractivity contribution in [1.82, 2.24) is 39.3 Å². The SMILES string of the molecule is Nc1nc2c(nnn2[C@@H]2O[C@@H]3COP(=O)(O)O[C@H]4[C@@H](F)[C@H](c5snc6c(N)ncnc56)O[C@@H]4COP(=O)(O)O[C@@H]2[C@@H]3O)c(=O)[nH]1. The maximum Gasteiger partial charge on any atom is 0.472 e. The Kier molecular flexibility index (Phi) is 7.46. The molecule has 3 fully saturated rings. The van der Waals surface area contributed by atoms with E-state index in [4.69, 9.17) is 39.0 Å². The predicted molar refractivity (Wildman–Crippen MR) is 144 cm³/mol. The van der Waals surface area contributed by atoms with Crippen LogP contribution in [0.4, 0.5) is 16.2 Å². The smallest absolute Gasteiger partial charge is 0.387 e. The van der Waals surface area contributed by atoms with Crippen LogP contribution in [-0.2, 0) is 36.7 Å². The van der Waals surface area contributed by atoms with Crippen molar-refractivity contribution in [3.05, 3.63) is 21.6 Å². The van der Waals surface area contributed by atoms with Gasteiger partial charge in [-0.05, 0) is 11.5 Å². The van der Waals surface area contributed by atoms with Crippen LogP contribution >= 0.6 is 27.2 Å². The van der Waals surface area contributed by atoms with Gasteiger partial charge in [-0.25, -0.2) is 23.5 Å². The molecule has 0 amide bonds. The van der Waals surface area contributed by atoms with Gasteiger partial charge in [-0.2, -0.15) is 14.0 Å². The van der Waals surface area contributed by atoms with E-state index >= 15 is 4.39 Å². The Morgan fingerprint density at radius 1 is 1.02 bits per heavy atom. The molecule has 7 heterocycles. The summed E-state index contributed by atoms with van der Waals surface area (Å²) < 4.78 is 78.9. The van der Waals surface area contributed by atoms with Crippen molar-refractivity contribution < 1.29 is 56.0 Å². The van der Waals surface area contributed by atoms with Crippen molar-refractivity contribution >= 4 is 61.1 Å². The summed E-state index contributed by atoms with van der Waals surface area (Å²) in [5.74, 6) is -0.312. The molecular weight excluding hydrogens is 673 g/mol. The third-order valence-corrected chi connectivity index (χ3v) is 9.96. The van der Waals surface area contributed by atoms with Crippen LogP contribution in [0.25, 0.3) is 22.2 Å². The highest BCUT2D eigenvalue weighted by Crippen LogP contribution is 2.54. The number of nitrogen functional groups attached to an aromatic ring is 2. The third-order valence-electron chi connectivity index (χ3n) is 7.09. The van der Waals surface area contributed by atoms with Crippen LogP contribution in [0.2, 0.25) is 0 Å². The molecule has 3 aliphatic rings. The number of phosphoric ester groups is 2. The first-order valence-electron chi connectivity index (χ1n) is 12.7. The fourth-order valence-electron chi connectivity index (χ4n) is 5.07. The largest absolute Gasteiger partial charge is 0.472 e. The number of nitrogens with zero attached hydrogens (tertiary/aromatic N) is 7. The molecule has 8 N–H and O–H groups in total. The van der Waals surface area contributed by atoms with E-state index in [9.17, 15) is 28.8 Å². The summed E-state index contributed by atoms with van der Waals surface area (Å²) in [4.78, 5) is 47.6.